The van der Waals surface area contributed by atoms with E-state index in [-0.39, 0.29) is 6.03 Å². The Morgan fingerprint density at radius 3 is 2.52 bits per heavy atom. The Balaban J connectivity index is 1.49. The van der Waals surface area contributed by atoms with Crippen LogP contribution >= 0.6 is 0 Å². The van der Waals surface area contributed by atoms with Gasteiger partial charge >= 0.3 is 6.03 Å². The van der Waals surface area contributed by atoms with Gasteiger partial charge in [0.25, 0.3) is 0 Å². The lowest BCUT2D eigenvalue weighted by atomic mass is 10.1. The first kappa shape index (κ1) is 16.6. The van der Waals surface area contributed by atoms with Crippen molar-refractivity contribution in [1.82, 2.24) is 15.6 Å². The molecule has 3 aromatic rings. The molecule has 2 amide bonds. The summed E-state index contributed by atoms with van der Waals surface area (Å²) in [7, 11) is 1.62. The van der Waals surface area contributed by atoms with Crippen LogP contribution in [0.15, 0.2) is 65.5 Å². The summed E-state index contributed by atoms with van der Waals surface area (Å²) >= 11 is 0. The van der Waals surface area contributed by atoms with Crippen LogP contribution in [0, 0.1) is 0 Å². The second kappa shape index (κ2) is 8.01. The lowest BCUT2D eigenvalue weighted by Gasteiger charge is -2.09. The number of ether oxygens (including phenoxy) is 1. The summed E-state index contributed by atoms with van der Waals surface area (Å²) in [6, 6.07) is 12.9. The van der Waals surface area contributed by atoms with Gasteiger partial charge in [0.1, 0.15) is 11.5 Å². The van der Waals surface area contributed by atoms with Crippen molar-refractivity contribution in [2.24, 2.45) is 0 Å². The highest BCUT2D eigenvalue weighted by Crippen LogP contribution is 2.19. The average molecular weight is 337 g/mol. The molecule has 0 aliphatic carbocycles. The van der Waals surface area contributed by atoms with E-state index >= 15 is 0 Å². The number of furan rings is 1. The molecule has 0 unspecified atom stereocenters. The molecular formula is C19H19N3O3. The van der Waals surface area contributed by atoms with Crippen molar-refractivity contribution in [2.75, 3.05) is 7.11 Å². The number of urea groups is 1. The number of carbonyl (C=O) groups is 1. The third kappa shape index (κ3) is 4.60. The predicted molar refractivity (Wildman–Crippen MR) is 94.0 cm³/mol. The van der Waals surface area contributed by atoms with Crippen LogP contribution in [0.3, 0.4) is 0 Å². The largest absolute Gasteiger partial charge is 0.497 e. The predicted octanol–water partition coefficient (Wildman–Crippen LogP) is 3.35. The van der Waals surface area contributed by atoms with Crippen molar-refractivity contribution in [3.05, 3.63) is 72.2 Å². The summed E-state index contributed by atoms with van der Waals surface area (Å²) in [6.07, 6.45) is 5.06. The maximum absolute atomic E-state index is 11.9. The lowest BCUT2D eigenvalue weighted by Crippen LogP contribution is -2.34. The number of amides is 2. The second-order valence-electron chi connectivity index (χ2n) is 5.44. The van der Waals surface area contributed by atoms with Gasteiger partial charge in [0.15, 0.2) is 0 Å². The number of hydrogen-bond donors (Lipinski definition) is 2. The number of pyridine rings is 1. The molecule has 2 heterocycles. The standard InChI is InChI=1S/C19H19N3O3/c1-24-17-6-4-14(5-7-17)11-21-19(23)22-12-15-9-16(13-20-10-15)18-3-2-8-25-18/h2-10,13H,11-12H2,1H3,(H2,21,22,23). The molecular weight excluding hydrogens is 318 g/mol. The van der Waals surface area contributed by atoms with Gasteiger partial charge in [-0.05, 0) is 41.5 Å². The van der Waals surface area contributed by atoms with Crippen molar-refractivity contribution in [3.8, 4) is 17.1 Å². The van der Waals surface area contributed by atoms with E-state index in [1.54, 1.807) is 25.8 Å². The van der Waals surface area contributed by atoms with Gasteiger partial charge in [-0.25, -0.2) is 4.79 Å². The SMILES string of the molecule is COc1ccc(CNC(=O)NCc2cncc(-c3ccco3)c2)cc1. The minimum Gasteiger partial charge on any atom is -0.497 e. The summed E-state index contributed by atoms with van der Waals surface area (Å²) in [5.41, 5.74) is 2.77. The van der Waals surface area contributed by atoms with Gasteiger partial charge in [-0.2, -0.15) is 0 Å². The zero-order valence-electron chi connectivity index (χ0n) is 13.9. The summed E-state index contributed by atoms with van der Waals surface area (Å²) in [4.78, 5) is 16.1. The fourth-order valence-corrected chi connectivity index (χ4v) is 2.33. The number of methoxy groups -OCH3 is 1. The van der Waals surface area contributed by atoms with Crippen LogP contribution in [-0.2, 0) is 13.1 Å². The Morgan fingerprint density at radius 2 is 1.84 bits per heavy atom. The van der Waals surface area contributed by atoms with Crippen LogP contribution in [0.4, 0.5) is 4.79 Å². The number of aromatic nitrogens is 1. The monoisotopic (exact) mass is 337 g/mol. The van der Waals surface area contributed by atoms with Gasteiger partial charge in [-0.1, -0.05) is 12.1 Å². The van der Waals surface area contributed by atoms with Crippen molar-refractivity contribution in [3.63, 3.8) is 0 Å². The molecule has 0 radical (unpaired) electrons. The van der Waals surface area contributed by atoms with Gasteiger partial charge in [0.2, 0.25) is 0 Å². The van der Waals surface area contributed by atoms with Gasteiger partial charge in [-0.15, -0.1) is 0 Å². The molecule has 25 heavy (non-hydrogen) atoms. The van der Waals surface area contributed by atoms with Crippen LogP contribution in [0.5, 0.6) is 5.75 Å². The topological polar surface area (TPSA) is 76.4 Å². The minimum absolute atomic E-state index is 0.237. The first-order chi connectivity index (χ1) is 12.2. The molecule has 0 saturated heterocycles. The molecule has 0 spiro atoms. The molecule has 0 fully saturated rings. The average Bonchev–Trinajstić information content (AvgIpc) is 3.20. The minimum atomic E-state index is -0.237. The van der Waals surface area contributed by atoms with Crippen molar-refractivity contribution in [2.45, 2.75) is 13.1 Å². The molecule has 0 saturated carbocycles. The molecule has 0 bridgehead atoms. The zero-order chi connectivity index (χ0) is 17.5. The van der Waals surface area contributed by atoms with Gasteiger partial charge < -0.3 is 19.8 Å². The summed E-state index contributed by atoms with van der Waals surface area (Å²) in [6.45, 7) is 0.830. The highest BCUT2D eigenvalue weighted by molar-refractivity contribution is 5.73. The fourth-order valence-electron chi connectivity index (χ4n) is 2.33. The molecule has 2 aromatic heterocycles. The van der Waals surface area contributed by atoms with Crippen LogP contribution in [0.2, 0.25) is 0 Å². The molecule has 1 aromatic carbocycles. The Morgan fingerprint density at radius 1 is 1.08 bits per heavy atom. The van der Waals surface area contributed by atoms with Crippen LogP contribution in [0.1, 0.15) is 11.1 Å². The van der Waals surface area contributed by atoms with Crippen molar-refractivity contribution in [1.29, 1.82) is 0 Å². The number of rotatable bonds is 6. The first-order valence-corrected chi connectivity index (χ1v) is 7.87. The smallest absolute Gasteiger partial charge is 0.315 e. The second-order valence-corrected chi connectivity index (χ2v) is 5.44. The van der Waals surface area contributed by atoms with Crippen molar-refractivity contribution < 1.29 is 13.9 Å². The number of nitrogens with zero attached hydrogens (tertiary/aromatic N) is 1. The third-order valence-corrected chi connectivity index (χ3v) is 3.67. The van der Waals surface area contributed by atoms with E-state index in [1.165, 1.54) is 0 Å². The zero-order valence-corrected chi connectivity index (χ0v) is 13.9. The molecule has 0 atom stereocenters. The summed E-state index contributed by atoms with van der Waals surface area (Å²) < 4.78 is 10.5. The van der Waals surface area contributed by atoms with Gasteiger partial charge in [-0.3, -0.25) is 4.98 Å². The molecule has 2 N–H and O–H groups in total. The number of carbonyl (C=O) groups excluding carboxylic acids is 1. The third-order valence-electron chi connectivity index (χ3n) is 3.67. The molecule has 6 heteroatoms. The van der Waals surface area contributed by atoms with Gasteiger partial charge in [0, 0.05) is 31.0 Å². The maximum Gasteiger partial charge on any atom is 0.315 e. The Bertz CT molecular complexity index is 814. The van der Waals surface area contributed by atoms with Crippen LogP contribution in [0.25, 0.3) is 11.3 Å². The Kier molecular flexibility index (Phi) is 5.31. The summed E-state index contributed by atoms with van der Waals surface area (Å²) in [5, 5.41) is 5.64. The number of benzene rings is 1. The van der Waals surface area contributed by atoms with E-state index in [1.807, 2.05) is 42.5 Å². The van der Waals surface area contributed by atoms with Crippen molar-refractivity contribution >= 4 is 6.03 Å². The highest BCUT2D eigenvalue weighted by Gasteiger charge is 2.05. The molecule has 0 aliphatic rings. The van der Waals surface area contributed by atoms with E-state index in [4.69, 9.17) is 9.15 Å². The molecule has 0 aliphatic heterocycles. The summed E-state index contributed by atoms with van der Waals surface area (Å²) in [5.74, 6) is 1.54. The normalized spacial score (nSPS) is 10.3. The molecule has 3 rings (SSSR count). The highest BCUT2D eigenvalue weighted by atomic mass is 16.5. The first-order valence-electron chi connectivity index (χ1n) is 7.87. The van der Waals surface area contributed by atoms with Gasteiger partial charge in [0.05, 0.1) is 13.4 Å². The van der Waals surface area contributed by atoms with E-state index in [0.717, 1.165) is 28.2 Å². The number of nitrogens with one attached hydrogen (secondary N) is 2. The number of hydrogen-bond acceptors (Lipinski definition) is 4. The van der Waals surface area contributed by atoms with E-state index in [0.29, 0.717) is 13.1 Å². The van der Waals surface area contributed by atoms with E-state index in [2.05, 4.69) is 15.6 Å². The molecule has 128 valence electrons. The molecule has 6 nitrogen and oxygen atoms in total. The maximum atomic E-state index is 11.9. The van der Waals surface area contributed by atoms with Crippen LogP contribution in [-0.4, -0.2) is 18.1 Å². The lowest BCUT2D eigenvalue weighted by molar-refractivity contribution is 0.240. The van der Waals surface area contributed by atoms with E-state index in [9.17, 15) is 4.79 Å². The Hall–Kier alpha value is -3.28. The quantitative estimate of drug-likeness (QED) is 0.723. The van der Waals surface area contributed by atoms with Crippen LogP contribution < -0.4 is 15.4 Å². The Labute approximate surface area is 145 Å². The fraction of sp³-hybridized carbons (Fsp3) is 0.158. The van der Waals surface area contributed by atoms with E-state index < -0.39 is 0 Å².